The summed E-state index contributed by atoms with van der Waals surface area (Å²) in [5, 5.41) is 15.4. The van der Waals surface area contributed by atoms with Crippen molar-refractivity contribution in [3.05, 3.63) is 64.7 Å². The van der Waals surface area contributed by atoms with Crippen molar-refractivity contribution in [3.63, 3.8) is 0 Å². The minimum absolute atomic E-state index is 0.0446. The van der Waals surface area contributed by atoms with E-state index in [1.165, 1.54) is 6.07 Å². The first-order valence-corrected chi connectivity index (χ1v) is 9.91. The van der Waals surface area contributed by atoms with Gasteiger partial charge in [-0.3, -0.25) is 4.79 Å². The van der Waals surface area contributed by atoms with Crippen molar-refractivity contribution in [2.45, 2.75) is 37.3 Å². The lowest BCUT2D eigenvalue weighted by Gasteiger charge is -2.25. The molecule has 0 bridgehead atoms. The second-order valence-electron chi connectivity index (χ2n) is 6.73. The van der Waals surface area contributed by atoms with E-state index in [9.17, 15) is 18.3 Å². The van der Waals surface area contributed by atoms with Gasteiger partial charge in [-0.2, -0.15) is 0 Å². The Balaban J connectivity index is 2.02. The van der Waals surface area contributed by atoms with Gasteiger partial charge in [0.05, 0.1) is 17.0 Å². The molecule has 26 heavy (non-hydrogen) atoms. The number of amides is 1. The monoisotopic (exact) mass is 374 g/mol. The molecule has 2 aromatic carbocycles. The number of benzene rings is 2. The van der Waals surface area contributed by atoms with Crippen LogP contribution >= 0.6 is 0 Å². The van der Waals surface area contributed by atoms with Crippen molar-refractivity contribution in [1.29, 1.82) is 0 Å². The summed E-state index contributed by atoms with van der Waals surface area (Å²) in [4.78, 5) is 14.6. The van der Waals surface area contributed by atoms with E-state index in [4.69, 9.17) is 5.14 Å². The van der Waals surface area contributed by atoms with E-state index >= 15 is 0 Å². The average Bonchev–Trinajstić information content (AvgIpc) is 2.98. The van der Waals surface area contributed by atoms with Crippen LogP contribution in [0.4, 0.5) is 0 Å². The van der Waals surface area contributed by atoms with Gasteiger partial charge < -0.3 is 10.0 Å². The molecule has 2 atom stereocenters. The molecule has 1 saturated heterocycles. The number of rotatable bonds is 3. The Bertz CT molecular complexity index is 942. The molecule has 3 rings (SSSR count). The molecule has 6 nitrogen and oxygen atoms in total. The van der Waals surface area contributed by atoms with Gasteiger partial charge in [-0.25, -0.2) is 13.6 Å². The lowest BCUT2D eigenvalue weighted by molar-refractivity contribution is 0.0715. The normalized spacial score (nSPS) is 20.4. The molecule has 1 aliphatic rings. The molecule has 0 aromatic heterocycles. The predicted octanol–water partition coefficient (Wildman–Crippen LogP) is 1.90. The Morgan fingerprint density at radius 1 is 1.19 bits per heavy atom. The molecule has 7 heteroatoms. The van der Waals surface area contributed by atoms with Crippen LogP contribution in [0.15, 0.2) is 47.4 Å². The van der Waals surface area contributed by atoms with Crippen LogP contribution in [-0.4, -0.2) is 37.0 Å². The van der Waals surface area contributed by atoms with Crippen LogP contribution in [0.3, 0.4) is 0 Å². The molecule has 0 aliphatic carbocycles. The first-order chi connectivity index (χ1) is 12.2. The number of hydrogen-bond donors (Lipinski definition) is 2. The number of sulfonamides is 1. The van der Waals surface area contributed by atoms with Gasteiger partial charge in [-0.1, -0.05) is 30.3 Å². The van der Waals surface area contributed by atoms with Gasteiger partial charge in [0, 0.05) is 12.1 Å². The van der Waals surface area contributed by atoms with Crippen molar-refractivity contribution >= 4 is 15.9 Å². The zero-order valence-electron chi connectivity index (χ0n) is 14.7. The van der Waals surface area contributed by atoms with Crippen molar-refractivity contribution in [2.24, 2.45) is 5.14 Å². The van der Waals surface area contributed by atoms with Gasteiger partial charge in [0.25, 0.3) is 5.91 Å². The van der Waals surface area contributed by atoms with E-state index in [2.05, 4.69) is 0 Å². The van der Waals surface area contributed by atoms with E-state index in [0.29, 0.717) is 17.5 Å². The third-order valence-electron chi connectivity index (χ3n) is 4.90. The van der Waals surface area contributed by atoms with Gasteiger partial charge in [0.15, 0.2) is 0 Å². The molecule has 2 aromatic rings. The summed E-state index contributed by atoms with van der Waals surface area (Å²) < 4.78 is 23.7. The Hall–Kier alpha value is -2.22. The third-order valence-corrected chi connectivity index (χ3v) is 5.93. The minimum atomic E-state index is -3.93. The number of carbonyl (C=O) groups excluding carboxylic acids is 1. The average molecular weight is 374 g/mol. The highest BCUT2D eigenvalue weighted by atomic mass is 32.2. The van der Waals surface area contributed by atoms with E-state index in [1.807, 2.05) is 30.3 Å². The topological polar surface area (TPSA) is 101 Å². The number of nitrogens with two attached hydrogens (primary N) is 1. The van der Waals surface area contributed by atoms with Gasteiger partial charge in [0.1, 0.15) is 0 Å². The SMILES string of the molecule is Cc1cc(C(=O)N2CC(O)CC2c2ccccc2)cc(S(N)(=O)=O)c1C. The van der Waals surface area contributed by atoms with Crippen LogP contribution < -0.4 is 5.14 Å². The summed E-state index contributed by atoms with van der Waals surface area (Å²) in [5.41, 5.74) is 2.40. The maximum atomic E-state index is 13.1. The molecule has 1 heterocycles. The summed E-state index contributed by atoms with van der Waals surface area (Å²) >= 11 is 0. The van der Waals surface area contributed by atoms with Crippen LogP contribution in [0.25, 0.3) is 0 Å². The summed E-state index contributed by atoms with van der Waals surface area (Å²) in [6.45, 7) is 3.61. The van der Waals surface area contributed by atoms with Gasteiger partial charge in [-0.15, -0.1) is 0 Å². The number of likely N-dealkylation sites (tertiary alicyclic amines) is 1. The maximum Gasteiger partial charge on any atom is 0.254 e. The molecule has 3 N–H and O–H groups in total. The Morgan fingerprint density at radius 3 is 2.46 bits per heavy atom. The fourth-order valence-corrected chi connectivity index (χ4v) is 4.32. The predicted molar refractivity (Wildman–Crippen MR) is 98.1 cm³/mol. The molecule has 1 aliphatic heterocycles. The zero-order valence-corrected chi connectivity index (χ0v) is 15.5. The minimum Gasteiger partial charge on any atom is -0.391 e. The maximum absolute atomic E-state index is 13.1. The quantitative estimate of drug-likeness (QED) is 0.857. The molecule has 2 unspecified atom stereocenters. The van der Waals surface area contributed by atoms with Crippen molar-refractivity contribution in [2.75, 3.05) is 6.54 Å². The first-order valence-electron chi connectivity index (χ1n) is 8.36. The number of hydrogen-bond acceptors (Lipinski definition) is 4. The van der Waals surface area contributed by atoms with Crippen LogP contribution in [0, 0.1) is 13.8 Å². The summed E-state index contributed by atoms with van der Waals surface area (Å²) in [6.07, 6.45) is -0.170. The van der Waals surface area contributed by atoms with Gasteiger partial charge in [0.2, 0.25) is 10.0 Å². The number of aliphatic hydroxyl groups excluding tert-OH is 1. The van der Waals surface area contributed by atoms with Gasteiger partial charge in [-0.05, 0) is 49.1 Å². The Kier molecular flexibility index (Phi) is 4.88. The standard InChI is InChI=1S/C19H22N2O4S/c1-12-8-15(9-18(13(12)2)26(20,24)25)19(23)21-11-16(22)10-17(21)14-6-4-3-5-7-14/h3-9,16-17,22H,10-11H2,1-2H3,(H2,20,24,25). The lowest BCUT2D eigenvalue weighted by atomic mass is 10.0. The fourth-order valence-electron chi connectivity index (χ4n) is 3.44. The molecule has 0 spiro atoms. The third kappa shape index (κ3) is 3.51. The largest absolute Gasteiger partial charge is 0.391 e. The smallest absolute Gasteiger partial charge is 0.254 e. The summed E-state index contributed by atoms with van der Waals surface area (Å²) in [6, 6.07) is 12.2. The summed E-state index contributed by atoms with van der Waals surface area (Å²) in [5.74, 6) is -0.316. The van der Waals surface area contributed by atoms with E-state index in [1.54, 1.807) is 24.8 Å². The fraction of sp³-hybridized carbons (Fsp3) is 0.316. The highest BCUT2D eigenvalue weighted by Gasteiger charge is 2.36. The molecule has 0 saturated carbocycles. The number of aryl methyl sites for hydroxylation is 1. The van der Waals surface area contributed by atoms with Crippen LogP contribution in [0.2, 0.25) is 0 Å². The summed E-state index contributed by atoms with van der Waals surface area (Å²) in [7, 11) is -3.93. The lowest BCUT2D eigenvalue weighted by Crippen LogP contribution is -2.32. The highest BCUT2D eigenvalue weighted by molar-refractivity contribution is 7.89. The van der Waals surface area contributed by atoms with E-state index in [-0.39, 0.29) is 29.0 Å². The zero-order chi connectivity index (χ0) is 19.1. The number of carbonyl (C=O) groups is 1. The number of aliphatic hydroxyl groups is 1. The molecule has 0 radical (unpaired) electrons. The van der Waals surface area contributed by atoms with Crippen LogP contribution in [0.1, 0.15) is 39.5 Å². The first kappa shape index (κ1) is 18.6. The molecule has 138 valence electrons. The Labute approximate surface area is 153 Å². The second-order valence-corrected chi connectivity index (χ2v) is 8.26. The number of β-amino-alcohol motifs (C(OH)–C–C–N with tert-alkyl or cyclic N) is 1. The number of nitrogens with zero attached hydrogens (tertiary/aromatic N) is 1. The van der Waals surface area contributed by atoms with Crippen molar-refractivity contribution in [1.82, 2.24) is 4.90 Å². The van der Waals surface area contributed by atoms with Crippen molar-refractivity contribution in [3.8, 4) is 0 Å². The highest BCUT2D eigenvalue weighted by Crippen LogP contribution is 2.34. The second kappa shape index (κ2) is 6.83. The van der Waals surface area contributed by atoms with E-state index < -0.39 is 16.1 Å². The van der Waals surface area contributed by atoms with E-state index in [0.717, 1.165) is 5.56 Å². The Morgan fingerprint density at radius 2 is 1.85 bits per heavy atom. The van der Waals surface area contributed by atoms with Crippen LogP contribution in [0.5, 0.6) is 0 Å². The van der Waals surface area contributed by atoms with Crippen LogP contribution in [-0.2, 0) is 10.0 Å². The molecular formula is C19H22N2O4S. The molecule has 1 fully saturated rings. The van der Waals surface area contributed by atoms with Crippen molar-refractivity contribution < 1.29 is 18.3 Å². The number of primary sulfonamides is 1. The molecule has 1 amide bonds. The molecular weight excluding hydrogens is 352 g/mol. The van der Waals surface area contributed by atoms with Gasteiger partial charge >= 0.3 is 0 Å².